The van der Waals surface area contributed by atoms with Gasteiger partial charge in [0.05, 0.1) is 0 Å². The Kier molecular flexibility index (Phi) is 3.91. The van der Waals surface area contributed by atoms with E-state index in [0.29, 0.717) is 12.5 Å². The number of anilines is 1. The highest BCUT2D eigenvalue weighted by atomic mass is 16.3. The Balaban J connectivity index is 2.37. The second-order valence-electron chi connectivity index (χ2n) is 6.75. The largest absolute Gasteiger partial charge is 0.396 e. The molecule has 1 aliphatic heterocycles. The first kappa shape index (κ1) is 14.4. The molecule has 106 valence electrons. The minimum atomic E-state index is 0.121. The van der Waals surface area contributed by atoms with Crippen molar-refractivity contribution in [2.45, 2.75) is 53.0 Å². The first-order valence-corrected chi connectivity index (χ1v) is 7.31. The SMILES string of the molecule is Cc1cc(C)c(N2CCC(CO)CC2(C)C)c(C)c1. The number of benzene rings is 1. The zero-order valence-corrected chi connectivity index (χ0v) is 13.0. The molecule has 0 amide bonds. The van der Waals surface area contributed by atoms with Gasteiger partial charge in [-0.15, -0.1) is 0 Å². The smallest absolute Gasteiger partial charge is 0.0460 e. The van der Waals surface area contributed by atoms with Crippen molar-refractivity contribution < 1.29 is 5.11 Å². The van der Waals surface area contributed by atoms with Crippen LogP contribution in [0, 0.1) is 26.7 Å². The molecule has 1 heterocycles. The predicted octanol–water partition coefficient (Wildman–Crippen LogP) is 3.60. The molecule has 1 N–H and O–H groups in total. The minimum absolute atomic E-state index is 0.121. The first-order chi connectivity index (χ1) is 8.85. The fourth-order valence-corrected chi connectivity index (χ4v) is 3.70. The van der Waals surface area contributed by atoms with Crippen LogP contribution in [0.1, 0.15) is 43.4 Å². The van der Waals surface area contributed by atoms with Gasteiger partial charge in [-0.2, -0.15) is 0 Å². The van der Waals surface area contributed by atoms with Gasteiger partial charge in [0.15, 0.2) is 0 Å². The molecule has 0 saturated carbocycles. The van der Waals surface area contributed by atoms with Crippen LogP contribution in [0.2, 0.25) is 0 Å². The van der Waals surface area contributed by atoms with Crippen molar-refractivity contribution in [3.05, 3.63) is 28.8 Å². The lowest BCUT2D eigenvalue weighted by Crippen LogP contribution is -2.51. The molecule has 1 saturated heterocycles. The Morgan fingerprint density at radius 1 is 1.21 bits per heavy atom. The van der Waals surface area contributed by atoms with Gasteiger partial charge in [0.1, 0.15) is 0 Å². The highest BCUT2D eigenvalue weighted by Crippen LogP contribution is 2.38. The standard InChI is InChI=1S/C17H27NO/c1-12-8-13(2)16(14(3)9-12)18-7-6-15(11-19)10-17(18,4)5/h8-9,15,19H,6-7,10-11H2,1-5H3. The maximum absolute atomic E-state index is 9.41. The molecule has 2 rings (SSSR count). The molecule has 0 bridgehead atoms. The van der Waals surface area contributed by atoms with Crippen LogP contribution >= 0.6 is 0 Å². The molecule has 0 aromatic heterocycles. The predicted molar refractivity (Wildman–Crippen MR) is 81.9 cm³/mol. The number of piperidine rings is 1. The van der Waals surface area contributed by atoms with Gasteiger partial charge >= 0.3 is 0 Å². The maximum Gasteiger partial charge on any atom is 0.0460 e. The van der Waals surface area contributed by atoms with Crippen LogP contribution in [0.15, 0.2) is 12.1 Å². The summed E-state index contributed by atoms with van der Waals surface area (Å²) in [6, 6.07) is 4.55. The summed E-state index contributed by atoms with van der Waals surface area (Å²) in [4.78, 5) is 2.54. The molecule has 1 unspecified atom stereocenters. The second kappa shape index (κ2) is 5.16. The van der Waals surface area contributed by atoms with E-state index in [1.54, 1.807) is 0 Å². The summed E-state index contributed by atoms with van der Waals surface area (Å²) in [7, 11) is 0. The quantitative estimate of drug-likeness (QED) is 0.879. The average molecular weight is 261 g/mol. The number of aryl methyl sites for hydroxylation is 3. The lowest BCUT2D eigenvalue weighted by Gasteiger charge is -2.48. The number of aliphatic hydroxyl groups is 1. The molecule has 1 aliphatic rings. The number of rotatable bonds is 2. The first-order valence-electron chi connectivity index (χ1n) is 7.31. The van der Waals surface area contributed by atoms with Gasteiger partial charge in [-0.25, -0.2) is 0 Å². The maximum atomic E-state index is 9.41. The highest BCUT2D eigenvalue weighted by Gasteiger charge is 2.35. The van der Waals surface area contributed by atoms with Crippen molar-refractivity contribution in [2.75, 3.05) is 18.1 Å². The van der Waals surface area contributed by atoms with Crippen LogP contribution in [-0.4, -0.2) is 23.8 Å². The normalized spacial score (nSPS) is 22.6. The van der Waals surface area contributed by atoms with E-state index in [1.807, 2.05) is 0 Å². The number of aliphatic hydroxyl groups excluding tert-OH is 1. The van der Waals surface area contributed by atoms with E-state index in [2.05, 4.69) is 51.7 Å². The molecule has 1 atom stereocenters. The van der Waals surface area contributed by atoms with Gasteiger partial charge < -0.3 is 10.0 Å². The van der Waals surface area contributed by atoms with E-state index in [9.17, 15) is 5.11 Å². The van der Waals surface area contributed by atoms with Gasteiger partial charge in [0.2, 0.25) is 0 Å². The summed E-state index contributed by atoms with van der Waals surface area (Å²) < 4.78 is 0. The Hall–Kier alpha value is -1.02. The molecule has 1 aromatic rings. The molecule has 2 nitrogen and oxygen atoms in total. The van der Waals surface area contributed by atoms with Crippen molar-refractivity contribution in [1.82, 2.24) is 0 Å². The van der Waals surface area contributed by atoms with Gasteiger partial charge in [0.25, 0.3) is 0 Å². The molecule has 1 fully saturated rings. The number of hydrogen-bond donors (Lipinski definition) is 1. The van der Waals surface area contributed by atoms with Crippen LogP contribution in [-0.2, 0) is 0 Å². The van der Waals surface area contributed by atoms with Crippen molar-refractivity contribution in [3.63, 3.8) is 0 Å². The molecule has 0 spiro atoms. The molecule has 2 heteroatoms. The third kappa shape index (κ3) is 2.79. The van der Waals surface area contributed by atoms with Gasteiger partial charge in [-0.05, 0) is 64.5 Å². The summed E-state index contributed by atoms with van der Waals surface area (Å²) in [5.41, 5.74) is 5.59. The van der Waals surface area contributed by atoms with E-state index in [4.69, 9.17) is 0 Å². The Bertz CT molecular complexity index is 441. The van der Waals surface area contributed by atoms with Gasteiger partial charge in [-0.3, -0.25) is 0 Å². The lowest BCUT2D eigenvalue weighted by molar-refractivity contribution is 0.166. The molecule has 19 heavy (non-hydrogen) atoms. The van der Waals surface area contributed by atoms with Gasteiger partial charge in [-0.1, -0.05) is 17.7 Å². The molecule has 0 aliphatic carbocycles. The molecular formula is C17H27NO. The topological polar surface area (TPSA) is 23.5 Å². The van der Waals surface area contributed by atoms with E-state index in [-0.39, 0.29) is 5.54 Å². The summed E-state index contributed by atoms with van der Waals surface area (Å²) in [5.74, 6) is 0.456. The second-order valence-corrected chi connectivity index (χ2v) is 6.75. The van der Waals surface area contributed by atoms with Crippen molar-refractivity contribution in [3.8, 4) is 0 Å². The van der Waals surface area contributed by atoms with Gasteiger partial charge in [0, 0.05) is 24.4 Å². The van der Waals surface area contributed by atoms with E-state index in [0.717, 1.165) is 19.4 Å². The zero-order chi connectivity index (χ0) is 14.2. The van der Waals surface area contributed by atoms with Crippen LogP contribution in [0.25, 0.3) is 0 Å². The lowest BCUT2D eigenvalue weighted by atomic mass is 9.82. The summed E-state index contributed by atoms with van der Waals surface area (Å²) >= 11 is 0. The Morgan fingerprint density at radius 2 is 1.79 bits per heavy atom. The molecular weight excluding hydrogens is 234 g/mol. The van der Waals surface area contributed by atoms with Crippen LogP contribution < -0.4 is 4.90 Å². The summed E-state index contributed by atoms with van der Waals surface area (Å²) in [6.45, 7) is 12.5. The Morgan fingerprint density at radius 3 is 2.26 bits per heavy atom. The van der Waals surface area contributed by atoms with E-state index >= 15 is 0 Å². The fraction of sp³-hybridized carbons (Fsp3) is 0.647. The van der Waals surface area contributed by atoms with Crippen molar-refractivity contribution >= 4 is 5.69 Å². The monoisotopic (exact) mass is 261 g/mol. The van der Waals surface area contributed by atoms with E-state index in [1.165, 1.54) is 22.4 Å². The highest BCUT2D eigenvalue weighted by molar-refractivity contribution is 5.62. The number of nitrogens with zero attached hydrogens (tertiary/aromatic N) is 1. The average Bonchev–Trinajstić information content (AvgIpc) is 2.29. The van der Waals surface area contributed by atoms with Crippen molar-refractivity contribution in [1.29, 1.82) is 0 Å². The number of hydrogen-bond acceptors (Lipinski definition) is 2. The van der Waals surface area contributed by atoms with Crippen LogP contribution in [0.3, 0.4) is 0 Å². The Labute approximate surface area is 117 Å². The molecule has 0 radical (unpaired) electrons. The molecule has 1 aromatic carbocycles. The summed E-state index contributed by atoms with van der Waals surface area (Å²) in [5, 5.41) is 9.41. The fourth-order valence-electron chi connectivity index (χ4n) is 3.70. The minimum Gasteiger partial charge on any atom is -0.396 e. The third-order valence-corrected chi connectivity index (χ3v) is 4.44. The van der Waals surface area contributed by atoms with Crippen molar-refractivity contribution in [2.24, 2.45) is 5.92 Å². The summed E-state index contributed by atoms with van der Waals surface area (Å²) in [6.07, 6.45) is 2.16. The van der Waals surface area contributed by atoms with E-state index < -0.39 is 0 Å². The third-order valence-electron chi connectivity index (χ3n) is 4.44. The van der Waals surface area contributed by atoms with Crippen LogP contribution in [0.5, 0.6) is 0 Å². The zero-order valence-electron chi connectivity index (χ0n) is 13.0. The van der Waals surface area contributed by atoms with Crippen LogP contribution in [0.4, 0.5) is 5.69 Å².